The highest BCUT2D eigenvalue weighted by Crippen LogP contribution is 2.26. The molecule has 1 atom stereocenters. The highest BCUT2D eigenvalue weighted by Gasteiger charge is 2.28. The maximum Gasteiger partial charge on any atom is 0.251 e. The largest absolute Gasteiger partial charge is 0.409 e. The summed E-state index contributed by atoms with van der Waals surface area (Å²) in [6.45, 7) is 0. The van der Waals surface area contributed by atoms with Crippen LogP contribution in [0.15, 0.2) is 29.4 Å². The summed E-state index contributed by atoms with van der Waals surface area (Å²) in [6, 6.07) is 4.93. The van der Waals surface area contributed by atoms with Gasteiger partial charge in [0, 0.05) is 5.56 Å². The van der Waals surface area contributed by atoms with E-state index in [9.17, 15) is 9.18 Å². The normalized spacial score (nSPS) is 18.2. The monoisotopic (exact) mass is 293 g/mol. The van der Waals surface area contributed by atoms with Crippen molar-refractivity contribution in [3.63, 3.8) is 0 Å². The van der Waals surface area contributed by atoms with Crippen molar-refractivity contribution >= 4 is 11.7 Å². The zero-order valence-corrected chi connectivity index (χ0v) is 11.8. The van der Waals surface area contributed by atoms with Crippen molar-refractivity contribution in [3.05, 3.63) is 35.6 Å². The average Bonchev–Trinajstić information content (AvgIpc) is 2.52. The molecule has 1 saturated carbocycles. The van der Waals surface area contributed by atoms with E-state index in [2.05, 4.69) is 10.5 Å². The number of hydrogen-bond acceptors (Lipinski definition) is 3. The number of carbonyl (C=O) groups excluding carboxylic acids is 1. The summed E-state index contributed by atoms with van der Waals surface area (Å²) in [4.78, 5) is 12.2. The standard InChI is InChI=1S/C15H20FN3O2/c16-12-8-4-7-11(9-12)15(20)18-13(14(17)19-21)10-5-2-1-3-6-10/h4,7-10,13,21H,1-3,5-6H2,(H2,17,19)(H,18,20). The molecule has 6 heteroatoms. The van der Waals surface area contributed by atoms with Gasteiger partial charge in [0.1, 0.15) is 5.82 Å². The summed E-state index contributed by atoms with van der Waals surface area (Å²) < 4.78 is 13.2. The Balaban J connectivity index is 2.12. The number of nitrogens with zero attached hydrogens (tertiary/aromatic N) is 1. The maximum atomic E-state index is 13.2. The molecule has 0 aliphatic heterocycles. The van der Waals surface area contributed by atoms with Crippen molar-refractivity contribution in [1.29, 1.82) is 0 Å². The van der Waals surface area contributed by atoms with Crippen molar-refractivity contribution < 1.29 is 14.4 Å². The molecule has 1 aromatic rings. The zero-order chi connectivity index (χ0) is 15.2. The second-order valence-corrected chi connectivity index (χ2v) is 5.38. The van der Waals surface area contributed by atoms with Crippen LogP contribution >= 0.6 is 0 Å². The molecule has 1 unspecified atom stereocenters. The van der Waals surface area contributed by atoms with Crippen LogP contribution in [0.4, 0.5) is 4.39 Å². The van der Waals surface area contributed by atoms with Gasteiger partial charge in [0.15, 0.2) is 5.84 Å². The van der Waals surface area contributed by atoms with Gasteiger partial charge in [-0.1, -0.05) is 30.5 Å². The van der Waals surface area contributed by atoms with Crippen LogP contribution in [0.1, 0.15) is 42.5 Å². The van der Waals surface area contributed by atoms with E-state index in [0.717, 1.165) is 32.1 Å². The first kappa shape index (κ1) is 15.3. The highest BCUT2D eigenvalue weighted by molar-refractivity contribution is 5.98. The van der Waals surface area contributed by atoms with Gasteiger partial charge in [0.25, 0.3) is 5.91 Å². The lowest BCUT2D eigenvalue weighted by Crippen LogP contribution is -2.49. The van der Waals surface area contributed by atoms with E-state index in [1.54, 1.807) is 0 Å². The molecule has 0 saturated heterocycles. The van der Waals surface area contributed by atoms with Gasteiger partial charge < -0.3 is 16.3 Å². The summed E-state index contributed by atoms with van der Waals surface area (Å²) in [5.41, 5.74) is 5.94. The van der Waals surface area contributed by atoms with Crippen LogP contribution in [-0.4, -0.2) is 23.0 Å². The van der Waals surface area contributed by atoms with Crippen LogP contribution in [0.5, 0.6) is 0 Å². The molecule has 1 aromatic carbocycles. The minimum Gasteiger partial charge on any atom is -0.409 e. The third kappa shape index (κ3) is 3.93. The average molecular weight is 293 g/mol. The molecule has 1 fully saturated rings. The number of hydrogen-bond donors (Lipinski definition) is 3. The molecule has 114 valence electrons. The molecule has 0 bridgehead atoms. The first-order valence-electron chi connectivity index (χ1n) is 7.15. The molecule has 4 N–H and O–H groups in total. The Labute approximate surface area is 123 Å². The fourth-order valence-electron chi connectivity index (χ4n) is 2.82. The highest BCUT2D eigenvalue weighted by atomic mass is 19.1. The van der Waals surface area contributed by atoms with E-state index < -0.39 is 17.8 Å². The summed E-state index contributed by atoms with van der Waals surface area (Å²) in [5, 5.41) is 14.7. The van der Waals surface area contributed by atoms with E-state index in [1.807, 2.05) is 0 Å². The van der Waals surface area contributed by atoms with Gasteiger partial charge in [0.05, 0.1) is 6.04 Å². The lowest BCUT2D eigenvalue weighted by Gasteiger charge is -2.30. The number of nitrogens with two attached hydrogens (primary N) is 1. The Kier molecular flexibility index (Phi) is 5.14. The second-order valence-electron chi connectivity index (χ2n) is 5.38. The smallest absolute Gasteiger partial charge is 0.251 e. The van der Waals surface area contributed by atoms with Gasteiger partial charge in [-0.25, -0.2) is 4.39 Å². The Morgan fingerprint density at radius 3 is 2.71 bits per heavy atom. The maximum absolute atomic E-state index is 13.2. The molecular formula is C15H20FN3O2. The Morgan fingerprint density at radius 2 is 2.10 bits per heavy atom. The Morgan fingerprint density at radius 1 is 1.38 bits per heavy atom. The predicted octanol–water partition coefficient (Wildman–Crippen LogP) is 2.25. The number of rotatable bonds is 4. The third-order valence-electron chi connectivity index (χ3n) is 3.93. The molecule has 0 radical (unpaired) electrons. The Hall–Kier alpha value is -2.11. The number of benzene rings is 1. The van der Waals surface area contributed by atoms with Crippen molar-refractivity contribution in [3.8, 4) is 0 Å². The first-order valence-corrected chi connectivity index (χ1v) is 7.15. The third-order valence-corrected chi connectivity index (χ3v) is 3.93. The summed E-state index contributed by atoms with van der Waals surface area (Å²) >= 11 is 0. The van der Waals surface area contributed by atoms with Crippen molar-refractivity contribution in [1.82, 2.24) is 5.32 Å². The lowest BCUT2D eigenvalue weighted by atomic mass is 9.83. The van der Waals surface area contributed by atoms with Crippen molar-refractivity contribution in [2.45, 2.75) is 38.1 Å². The summed E-state index contributed by atoms with van der Waals surface area (Å²) in [6.07, 6.45) is 5.14. The number of oxime groups is 1. The topological polar surface area (TPSA) is 87.7 Å². The van der Waals surface area contributed by atoms with Crippen molar-refractivity contribution in [2.24, 2.45) is 16.8 Å². The molecular weight excluding hydrogens is 273 g/mol. The molecule has 1 amide bonds. The van der Waals surface area contributed by atoms with Crippen LogP contribution < -0.4 is 11.1 Å². The fraction of sp³-hybridized carbons (Fsp3) is 0.467. The number of carbonyl (C=O) groups is 1. The molecule has 0 aromatic heterocycles. The minimum absolute atomic E-state index is 0.00773. The molecule has 0 heterocycles. The minimum atomic E-state index is -0.522. The number of nitrogens with one attached hydrogen (secondary N) is 1. The molecule has 2 rings (SSSR count). The second kappa shape index (κ2) is 7.06. The zero-order valence-electron chi connectivity index (χ0n) is 11.8. The SMILES string of the molecule is N/C(=N\O)C(NC(=O)c1cccc(F)c1)C1CCCCC1. The number of amidine groups is 1. The first-order chi connectivity index (χ1) is 10.1. The van der Waals surface area contributed by atoms with Crippen molar-refractivity contribution in [2.75, 3.05) is 0 Å². The molecule has 1 aliphatic carbocycles. The van der Waals surface area contributed by atoms with E-state index in [4.69, 9.17) is 10.9 Å². The molecule has 21 heavy (non-hydrogen) atoms. The molecule has 1 aliphatic rings. The van der Waals surface area contributed by atoms with E-state index >= 15 is 0 Å². The fourth-order valence-corrected chi connectivity index (χ4v) is 2.82. The van der Waals surface area contributed by atoms with E-state index in [0.29, 0.717) is 0 Å². The van der Waals surface area contributed by atoms with Crippen LogP contribution in [0.3, 0.4) is 0 Å². The predicted molar refractivity (Wildman–Crippen MR) is 77.6 cm³/mol. The van der Waals surface area contributed by atoms with Gasteiger partial charge in [-0.2, -0.15) is 0 Å². The van der Waals surface area contributed by atoms with Gasteiger partial charge in [-0.3, -0.25) is 4.79 Å². The van der Waals surface area contributed by atoms with Gasteiger partial charge in [-0.15, -0.1) is 0 Å². The van der Waals surface area contributed by atoms with Crippen LogP contribution in [0.2, 0.25) is 0 Å². The number of halogens is 1. The van der Waals surface area contributed by atoms with Crippen LogP contribution in [0, 0.1) is 11.7 Å². The van der Waals surface area contributed by atoms with Gasteiger partial charge in [-0.05, 0) is 37.0 Å². The van der Waals surface area contributed by atoms with Crippen LogP contribution in [-0.2, 0) is 0 Å². The molecule has 5 nitrogen and oxygen atoms in total. The van der Waals surface area contributed by atoms with Gasteiger partial charge >= 0.3 is 0 Å². The van der Waals surface area contributed by atoms with Crippen LogP contribution in [0.25, 0.3) is 0 Å². The number of amides is 1. The van der Waals surface area contributed by atoms with E-state index in [1.165, 1.54) is 24.3 Å². The molecule has 0 spiro atoms. The summed E-state index contributed by atoms with van der Waals surface area (Å²) in [7, 11) is 0. The Bertz CT molecular complexity index is 527. The summed E-state index contributed by atoms with van der Waals surface area (Å²) in [5.74, 6) is -0.754. The van der Waals surface area contributed by atoms with E-state index in [-0.39, 0.29) is 17.3 Å². The quantitative estimate of drug-likeness (QED) is 0.344. The van der Waals surface area contributed by atoms with Gasteiger partial charge in [0.2, 0.25) is 0 Å². The lowest BCUT2D eigenvalue weighted by molar-refractivity contribution is 0.0930.